The maximum absolute atomic E-state index is 11.1. The fourth-order valence-corrected chi connectivity index (χ4v) is 2.97. The second kappa shape index (κ2) is 14.0. The Labute approximate surface area is 159 Å². The van der Waals surface area contributed by atoms with E-state index in [2.05, 4.69) is 19.1 Å². The van der Waals surface area contributed by atoms with Crippen molar-refractivity contribution in [1.82, 2.24) is 0 Å². The summed E-state index contributed by atoms with van der Waals surface area (Å²) in [5.74, 6) is 0.801. The average Bonchev–Trinajstić information content (AvgIpc) is 2.65. The van der Waals surface area contributed by atoms with Crippen molar-refractivity contribution < 1.29 is 22.1 Å². The molecule has 0 amide bonds. The zero-order valence-electron chi connectivity index (χ0n) is 16.2. The SMILES string of the molecule is CCCCCCCCc1ccc(OCCOCCOS(=O)(=O)CC)cc1. The van der Waals surface area contributed by atoms with Crippen LogP contribution in [0.25, 0.3) is 0 Å². The van der Waals surface area contributed by atoms with E-state index in [1.165, 1.54) is 44.1 Å². The minimum Gasteiger partial charge on any atom is -0.491 e. The minimum absolute atomic E-state index is 0.0229. The summed E-state index contributed by atoms with van der Waals surface area (Å²) in [4.78, 5) is 0. The number of unbranched alkanes of at least 4 members (excludes halogenated alkanes) is 5. The van der Waals surface area contributed by atoms with Crippen LogP contribution in [0.5, 0.6) is 5.75 Å². The highest BCUT2D eigenvalue weighted by Gasteiger charge is 2.06. The Morgan fingerprint density at radius 2 is 1.46 bits per heavy atom. The third-order valence-corrected chi connectivity index (χ3v) is 5.32. The number of ether oxygens (including phenoxy) is 2. The topological polar surface area (TPSA) is 61.8 Å². The van der Waals surface area contributed by atoms with Gasteiger partial charge in [0.2, 0.25) is 0 Å². The van der Waals surface area contributed by atoms with Crippen molar-refractivity contribution in [1.29, 1.82) is 0 Å². The van der Waals surface area contributed by atoms with E-state index in [0.29, 0.717) is 13.2 Å². The molecule has 0 saturated heterocycles. The summed E-state index contributed by atoms with van der Waals surface area (Å²) in [6, 6.07) is 8.21. The lowest BCUT2D eigenvalue weighted by Gasteiger charge is -2.08. The zero-order chi connectivity index (χ0) is 19.1. The van der Waals surface area contributed by atoms with Gasteiger partial charge in [-0.2, -0.15) is 8.42 Å². The van der Waals surface area contributed by atoms with E-state index in [4.69, 9.17) is 13.7 Å². The predicted molar refractivity (Wildman–Crippen MR) is 105 cm³/mol. The molecule has 0 aliphatic rings. The molecule has 0 radical (unpaired) electrons. The van der Waals surface area contributed by atoms with Gasteiger partial charge in [0, 0.05) is 0 Å². The van der Waals surface area contributed by atoms with Gasteiger partial charge in [0.05, 0.1) is 25.6 Å². The number of hydrogen-bond donors (Lipinski definition) is 0. The van der Waals surface area contributed by atoms with Crippen LogP contribution in [0.15, 0.2) is 24.3 Å². The summed E-state index contributed by atoms with van der Waals surface area (Å²) in [5, 5.41) is 0. The molecule has 1 aromatic rings. The summed E-state index contributed by atoms with van der Waals surface area (Å²) in [6.45, 7) is 4.89. The molecular weight excluding hydrogens is 352 g/mol. The van der Waals surface area contributed by atoms with Crippen LogP contribution < -0.4 is 4.74 Å². The molecule has 0 atom stereocenters. The summed E-state index contributed by atoms with van der Waals surface area (Å²) < 4.78 is 37.9. The van der Waals surface area contributed by atoms with E-state index in [0.717, 1.165) is 12.2 Å². The lowest BCUT2D eigenvalue weighted by molar-refractivity contribution is 0.0779. The van der Waals surface area contributed by atoms with Gasteiger partial charge in [-0.3, -0.25) is 4.18 Å². The highest BCUT2D eigenvalue weighted by molar-refractivity contribution is 7.86. The Morgan fingerprint density at radius 3 is 2.15 bits per heavy atom. The van der Waals surface area contributed by atoms with Crippen LogP contribution in [-0.2, 0) is 25.5 Å². The predicted octanol–water partition coefficient (Wildman–Crippen LogP) is 4.35. The number of benzene rings is 1. The van der Waals surface area contributed by atoms with Crippen molar-refractivity contribution in [2.45, 2.75) is 58.8 Å². The molecule has 1 rings (SSSR count). The fourth-order valence-electron chi connectivity index (χ4n) is 2.49. The van der Waals surface area contributed by atoms with Crippen LogP contribution in [0.3, 0.4) is 0 Å². The van der Waals surface area contributed by atoms with Crippen molar-refractivity contribution in [2.24, 2.45) is 0 Å². The summed E-state index contributed by atoms with van der Waals surface area (Å²) >= 11 is 0. The van der Waals surface area contributed by atoms with Crippen LogP contribution in [-0.4, -0.2) is 40.6 Å². The van der Waals surface area contributed by atoms with Gasteiger partial charge in [-0.05, 0) is 37.5 Å². The molecule has 0 aliphatic heterocycles. The van der Waals surface area contributed by atoms with Crippen molar-refractivity contribution in [3.8, 4) is 5.75 Å². The molecule has 0 saturated carbocycles. The highest BCUT2D eigenvalue weighted by atomic mass is 32.2. The van der Waals surface area contributed by atoms with Gasteiger partial charge in [-0.25, -0.2) is 0 Å². The van der Waals surface area contributed by atoms with Crippen LogP contribution >= 0.6 is 0 Å². The first-order chi connectivity index (χ1) is 12.6. The molecule has 5 nitrogen and oxygen atoms in total. The second-order valence-electron chi connectivity index (χ2n) is 6.29. The normalized spacial score (nSPS) is 11.6. The fraction of sp³-hybridized carbons (Fsp3) is 0.700. The number of hydrogen-bond acceptors (Lipinski definition) is 5. The molecule has 0 fully saturated rings. The van der Waals surface area contributed by atoms with Gasteiger partial charge in [0.1, 0.15) is 12.4 Å². The Balaban J connectivity index is 2.06. The maximum Gasteiger partial charge on any atom is 0.267 e. The Morgan fingerprint density at radius 1 is 0.808 bits per heavy atom. The standard InChI is InChI=1S/C20H34O5S/c1-3-5-6-7-8-9-10-19-11-13-20(14-12-19)24-17-15-23-16-18-25-26(21,22)4-2/h11-14H,3-10,15-18H2,1-2H3. The summed E-state index contributed by atoms with van der Waals surface area (Å²) in [7, 11) is -3.38. The number of aryl methyl sites for hydroxylation is 1. The molecule has 0 bridgehead atoms. The minimum atomic E-state index is -3.38. The third kappa shape index (κ3) is 11.5. The van der Waals surface area contributed by atoms with E-state index in [-0.39, 0.29) is 19.0 Å². The first kappa shape index (κ1) is 22.9. The molecule has 0 heterocycles. The van der Waals surface area contributed by atoms with E-state index in [1.54, 1.807) is 6.92 Å². The Hall–Kier alpha value is -1.11. The molecule has 0 aromatic heterocycles. The van der Waals surface area contributed by atoms with E-state index in [9.17, 15) is 8.42 Å². The average molecular weight is 387 g/mol. The third-order valence-electron chi connectivity index (χ3n) is 4.08. The largest absolute Gasteiger partial charge is 0.491 e. The Kier molecular flexibility index (Phi) is 12.4. The molecule has 0 spiro atoms. The highest BCUT2D eigenvalue weighted by Crippen LogP contribution is 2.15. The van der Waals surface area contributed by atoms with Crippen LogP contribution in [0.4, 0.5) is 0 Å². The summed E-state index contributed by atoms with van der Waals surface area (Å²) in [6.07, 6.45) is 9.00. The maximum atomic E-state index is 11.1. The van der Waals surface area contributed by atoms with Gasteiger partial charge in [0.25, 0.3) is 10.1 Å². The van der Waals surface area contributed by atoms with Crippen LogP contribution in [0.2, 0.25) is 0 Å². The van der Waals surface area contributed by atoms with Gasteiger partial charge >= 0.3 is 0 Å². The molecule has 150 valence electrons. The molecule has 26 heavy (non-hydrogen) atoms. The lowest BCUT2D eigenvalue weighted by Crippen LogP contribution is -2.15. The van der Waals surface area contributed by atoms with E-state index < -0.39 is 10.1 Å². The van der Waals surface area contributed by atoms with Crippen molar-refractivity contribution in [2.75, 3.05) is 32.2 Å². The molecular formula is C20H34O5S. The smallest absolute Gasteiger partial charge is 0.267 e. The van der Waals surface area contributed by atoms with E-state index in [1.807, 2.05) is 12.1 Å². The molecule has 6 heteroatoms. The lowest BCUT2D eigenvalue weighted by atomic mass is 10.0. The van der Waals surface area contributed by atoms with Crippen molar-refractivity contribution in [3.63, 3.8) is 0 Å². The van der Waals surface area contributed by atoms with Gasteiger partial charge < -0.3 is 9.47 Å². The van der Waals surface area contributed by atoms with Crippen molar-refractivity contribution >= 4 is 10.1 Å². The molecule has 0 unspecified atom stereocenters. The van der Waals surface area contributed by atoms with Gasteiger partial charge in [0.15, 0.2) is 0 Å². The first-order valence-corrected chi connectivity index (χ1v) is 11.3. The van der Waals surface area contributed by atoms with Gasteiger partial charge in [-0.15, -0.1) is 0 Å². The quantitative estimate of drug-likeness (QED) is 0.312. The van der Waals surface area contributed by atoms with Crippen molar-refractivity contribution in [3.05, 3.63) is 29.8 Å². The van der Waals surface area contributed by atoms with Crippen LogP contribution in [0, 0.1) is 0 Å². The molecule has 1 aromatic carbocycles. The number of rotatable bonds is 16. The molecule has 0 N–H and O–H groups in total. The molecule has 0 aliphatic carbocycles. The first-order valence-electron chi connectivity index (χ1n) is 9.74. The van der Waals surface area contributed by atoms with Crippen LogP contribution in [0.1, 0.15) is 57.9 Å². The van der Waals surface area contributed by atoms with E-state index >= 15 is 0 Å². The monoisotopic (exact) mass is 386 g/mol. The Bertz CT molecular complexity index is 554. The zero-order valence-corrected chi connectivity index (χ0v) is 17.1. The summed E-state index contributed by atoms with van der Waals surface area (Å²) in [5.41, 5.74) is 1.35. The van der Waals surface area contributed by atoms with Gasteiger partial charge in [-0.1, -0.05) is 51.2 Å². The second-order valence-corrected chi connectivity index (χ2v) is 8.22.